The summed E-state index contributed by atoms with van der Waals surface area (Å²) >= 11 is 4.64. The minimum Gasteiger partial charge on any atom is -0.325 e. The molecule has 42 heavy (non-hydrogen) atoms. The molecule has 0 aliphatic rings. The number of anilines is 2. The van der Waals surface area contributed by atoms with Gasteiger partial charge < -0.3 is 16.0 Å². The van der Waals surface area contributed by atoms with E-state index in [2.05, 4.69) is 31.9 Å². The number of sulfonamides is 1. The van der Waals surface area contributed by atoms with Crippen LogP contribution in [0.4, 0.5) is 11.4 Å². The number of carbonyl (C=O) groups is 3. The Bertz CT molecular complexity index is 1730. The van der Waals surface area contributed by atoms with Crippen molar-refractivity contribution in [1.29, 1.82) is 0 Å². The Kier molecular flexibility index (Phi) is 10.3. The normalized spacial score (nSPS) is 11.4. The number of amides is 3. The zero-order valence-electron chi connectivity index (χ0n) is 21.9. The summed E-state index contributed by atoms with van der Waals surface area (Å²) in [6, 6.07) is 28.3. The molecule has 4 rings (SSSR count). The van der Waals surface area contributed by atoms with Gasteiger partial charge in [0.05, 0.1) is 10.6 Å². The summed E-state index contributed by atoms with van der Waals surface area (Å²) in [4.78, 5) is 39.2. The van der Waals surface area contributed by atoms with Gasteiger partial charge in [-0.25, -0.2) is 13.6 Å². The molecule has 0 aliphatic heterocycles. The molecule has 0 aromatic heterocycles. The van der Waals surface area contributed by atoms with Crippen LogP contribution in [0.3, 0.4) is 0 Å². The van der Waals surface area contributed by atoms with E-state index in [9.17, 15) is 22.8 Å². The van der Waals surface area contributed by atoms with Gasteiger partial charge in [-0.05, 0) is 78.4 Å². The highest BCUT2D eigenvalue weighted by atomic mass is 79.9. The third-order valence-electron chi connectivity index (χ3n) is 5.64. The fourth-order valence-corrected chi connectivity index (χ4v) is 5.14. The number of halogens is 1. The van der Waals surface area contributed by atoms with Gasteiger partial charge in [-0.3, -0.25) is 14.4 Å². The quantitative estimate of drug-likeness (QED) is 0.135. The van der Waals surface area contributed by atoms with Crippen molar-refractivity contribution in [3.05, 3.63) is 124 Å². The summed E-state index contributed by atoms with van der Waals surface area (Å²) in [6.07, 6.45) is 1.58. The Labute approximate surface area is 255 Å². The minimum absolute atomic E-state index is 0.0526. The van der Waals surface area contributed by atoms with Crippen molar-refractivity contribution in [3.63, 3.8) is 0 Å². The van der Waals surface area contributed by atoms with Gasteiger partial charge in [0.1, 0.15) is 5.70 Å². The van der Waals surface area contributed by atoms with Gasteiger partial charge in [-0.15, -0.1) is 11.8 Å². The molecule has 0 radical (unpaired) electrons. The van der Waals surface area contributed by atoms with Crippen molar-refractivity contribution in [3.8, 4) is 0 Å². The number of nitrogens with one attached hydrogen (secondary N) is 3. The average Bonchev–Trinajstić information content (AvgIpc) is 2.97. The predicted octanol–water partition coefficient (Wildman–Crippen LogP) is 5.24. The molecule has 0 bridgehead atoms. The summed E-state index contributed by atoms with van der Waals surface area (Å²) in [5.74, 6) is -1.19. The van der Waals surface area contributed by atoms with Gasteiger partial charge >= 0.3 is 0 Å². The first-order valence-corrected chi connectivity index (χ1v) is 15.7. The van der Waals surface area contributed by atoms with E-state index in [1.165, 1.54) is 36.0 Å². The van der Waals surface area contributed by atoms with Crippen molar-refractivity contribution < 1.29 is 22.8 Å². The van der Waals surface area contributed by atoms with Crippen molar-refractivity contribution >= 4 is 72.9 Å². The highest BCUT2D eigenvalue weighted by molar-refractivity contribution is 9.10. The largest absolute Gasteiger partial charge is 0.325 e. The maximum Gasteiger partial charge on any atom is 0.272 e. The molecule has 0 aliphatic carbocycles. The molecule has 4 aromatic rings. The van der Waals surface area contributed by atoms with Crippen molar-refractivity contribution in [1.82, 2.24) is 5.32 Å². The molecule has 0 spiro atoms. The molecule has 9 nitrogen and oxygen atoms in total. The van der Waals surface area contributed by atoms with Crippen LogP contribution in [0.5, 0.6) is 0 Å². The molecule has 3 amide bonds. The summed E-state index contributed by atoms with van der Waals surface area (Å²) in [5, 5.41) is 13.3. The van der Waals surface area contributed by atoms with Crippen molar-refractivity contribution in [2.24, 2.45) is 5.14 Å². The topological polar surface area (TPSA) is 147 Å². The van der Waals surface area contributed by atoms with E-state index in [1.807, 2.05) is 24.3 Å². The Morgan fingerprint density at radius 2 is 1.50 bits per heavy atom. The number of hydrogen-bond acceptors (Lipinski definition) is 6. The zero-order valence-corrected chi connectivity index (χ0v) is 25.1. The third kappa shape index (κ3) is 9.14. The lowest BCUT2D eigenvalue weighted by molar-refractivity contribution is -0.114. The van der Waals surface area contributed by atoms with Crippen LogP contribution in [0, 0.1) is 0 Å². The van der Waals surface area contributed by atoms with E-state index in [1.54, 1.807) is 60.7 Å². The smallest absolute Gasteiger partial charge is 0.272 e. The van der Waals surface area contributed by atoms with Crippen LogP contribution in [0.15, 0.2) is 123 Å². The van der Waals surface area contributed by atoms with Crippen LogP contribution in [0.2, 0.25) is 0 Å². The molecular formula is C30H25BrN4O5S2. The van der Waals surface area contributed by atoms with E-state index in [4.69, 9.17) is 5.14 Å². The van der Waals surface area contributed by atoms with Crippen LogP contribution in [-0.2, 0) is 19.6 Å². The highest BCUT2D eigenvalue weighted by Crippen LogP contribution is 2.23. The van der Waals surface area contributed by atoms with Gasteiger partial charge in [0, 0.05) is 26.3 Å². The van der Waals surface area contributed by atoms with E-state index < -0.39 is 21.8 Å². The second-order valence-electron chi connectivity index (χ2n) is 8.82. The van der Waals surface area contributed by atoms with E-state index >= 15 is 0 Å². The molecule has 0 unspecified atom stereocenters. The summed E-state index contributed by atoms with van der Waals surface area (Å²) in [5.41, 5.74) is 2.07. The summed E-state index contributed by atoms with van der Waals surface area (Å²) < 4.78 is 23.7. The first kappa shape index (κ1) is 30.7. The molecule has 0 heterocycles. The highest BCUT2D eigenvalue weighted by Gasteiger charge is 2.16. The molecular weight excluding hydrogens is 640 g/mol. The van der Waals surface area contributed by atoms with Gasteiger partial charge in [-0.1, -0.05) is 52.3 Å². The van der Waals surface area contributed by atoms with Crippen LogP contribution < -0.4 is 21.1 Å². The standard InChI is InChI=1S/C30H25BrN4O5S2/c31-22-11-9-20(10-12-22)17-27(35-29(37)21-5-2-1-3-6-21)30(38)34-24-7-4-8-25(18-24)41-19-28(36)33-23-13-15-26(16-14-23)42(32,39)40/h1-18H,19H2,(H,33,36)(H,34,38)(H,35,37)(H2,32,39,40)/b27-17-. The predicted molar refractivity (Wildman–Crippen MR) is 168 cm³/mol. The Morgan fingerprint density at radius 3 is 2.17 bits per heavy atom. The SMILES string of the molecule is NS(=O)(=O)c1ccc(NC(=O)CSc2cccc(NC(=O)/C(=C/c3ccc(Br)cc3)NC(=O)c3ccccc3)c2)cc1. The Balaban J connectivity index is 1.42. The number of carbonyl (C=O) groups excluding carboxylic acids is 3. The number of hydrogen-bond donors (Lipinski definition) is 4. The van der Waals surface area contributed by atoms with Crippen LogP contribution >= 0.6 is 27.7 Å². The lowest BCUT2D eigenvalue weighted by Crippen LogP contribution is -2.30. The number of primary sulfonamides is 1. The summed E-state index contributed by atoms with van der Waals surface area (Å²) in [7, 11) is -3.82. The van der Waals surface area contributed by atoms with Gasteiger partial charge in [0.15, 0.2) is 0 Å². The van der Waals surface area contributed by atoms with Crippen LogP contribution in [0.25, 0.3) is 6.08 Å². The molecule has 0 atom stereocenters. The zero-order chi connectivity index (χ0) is 30.1. The third-order valence-corrected chi connectivity index (χ3v) is 8.09. The summed E-state index contributed by atoms with van der Waals surface area (Å²) in [6.45, 7) is 0. The monoisotopic (exact) mass is 664 g/mol. The molecule has 0 fully saturated rings. The molecule has 4 aromatic carbocycles. The van der Waals surface area contributed by atoms with Crippen LogP contribution in [-0.4, -0.2) is 31.9 Å². The fraction of sp³-hybridized carbons (Fsp3) is 0.0333. The number of thioether (sulfide) groups is 1. The van der Waals surface area contributed by atoms with E-state index in [0.29, 0.717) is 22.5 Å². The average molecular weight is 666 g/mol. The molecule has 0 saturated carbocycles. The fourth-order valence-electron chi connectivity index (χ4n) is 3.60. The van der Waals surface area contributed by atoms with Crippen molar-refractivity contribution in [2.45, 2.75) is 9.79 Å². The number of benzene rings is 4. The first-order valence-electron chi connectivity index (χ1n) is 12.4. The second-order valence-corrected chi connectivity index (χ2v) is 12.3. The number of rotatable bonds is 10. The van der Waals surface area contributed by atoms with Crippen molar-refractivity contribution in [2.75, 3.05) is 16.4 Å². The lowest BCUT2D eigenvalue weighted by atomic mass is 10.1. The first-order chi connectivity index (χ1) is 20.1. The molecule has 214 valence electrons. The maximum atomic E-state index is 13.3. The van der Waals surface area contributed by atoms with Gasteiger partial charge in [0.25, 0.3) is 11.8 Å². The molecule has 0 saturated heterocycles. The number of nitrogens with two attached hydrogens (primary N) is 1. The second kappa shape index (κ2) is 14.1. The molecule has 12 heteroatoms. The van der Waals surface area contributed by atoms with E-state index in [-0.39, 0.29) is 22.3 Å². The minimum atomic E-state index is -3.82. The Hall–Kier alpha value is -4.23. The van der Waals surface area contributed by atoms with Gasteiger partial charge in [0.2, 0.25) is 15.9 Å². The lowest BCUT2D eigenvalue weighted by Gasteiger charge is -2.12. The van der Waals surface area contributed by atoms with Gasteiger partial charge in [-0.2, -0.15) is 0 Å². The maximum absolute atomic E-state index is 13.3. The Morgan fingerprint density at radius 1 is 0.810 bits per heavy atom. The van der Waals surface area contributed by atoms with Crippen LogP contribution in [0.1, 0.15) is 15.9 Å². The van der Waals surface area contributed by atoms with E-state index in [0.717, 1.165) is 9.37 Å². The molecule has 5 N–H and O–H groups in total.